The van der Waals surface area contributed by atoms with Crippen molar-refractivity contribution in [3.05, 3.63) is 48.2 Å². The van der Waals surface area contributed by atoms with Crippen LogP contribution in [0.15, 0.2) is 42.6 Å². The van der Waals surface area contributed by atoms with E-state index in [1.54, 1.807) is 19.4 Å². The summed E-state index contributed by atoms with van der Waals surface area (Å²) >= 11 is 0. The molecule has 1 aromatic carbocycles. The summed E-state index contributed by atoms with van der Waals surface area (Å²) in [6.45, 7) is 2.48. The fraction of sp³-hybridized carbons (Fsp3) is 0.429. The molecule has 1 saturated carbocycles. The smallest absolute Gasteiger partial charge is 0.235 e. The lowest BCUT2D eigenvalue weighted by Gasteiger charge is -2.36. The molecule has 1 N–H and O–H groups in total. The van der Waals surface area contributed by atoms with Gasteiger partial charge in [0.25, 0.3) is 0 Å². The van der Waals surface area contributed by atoms with Gasteiger partial charge in [0, 0.05) is 6.07 Å². The van der Waals surface area contributed by atoms with Crippen molar-refractivity contribution in [2.75, 3.05) is 19.0 Å². The van der Waals surface area contributed by atoms with Crippen LogP contribution in [0.3, 0.4) is 0 Å². The van der Waals surface area contributed by atoms with Crippen molar-refractivity contribution in [3.8, 4) is 11.6 Å². The standard InChI is InChI=1S/C21H26N2O3/c1-3-26-19-12-9-17(15-22-19)23-20(24)21(13-5-4-6-14-21)16-7-10-18(25-2)11-8-16/h7-12,15H,3-6,13-14H2,1-2H3,(H,23,24). The number of carbonyl (C=O) groups excluding carboxylic acids is 1. The minimum absolute atomic E-state index is 0.0355. The van der Waals surface area contributed by atoms with Crippen molar-refractivity contribution in [1.29, 1.82) is 0 Å². The van der Waals surface area contributed by atoms with Crippen molar-refractivity contribution < 1.29 is 14.3 Å². The van der Waals surface area contributed by atoms with Crippen LogP contribution in [0, 0.1) is 0 Å². The third-order valence-electron chi connectivity index (χ3n) is 5.07. The zero-order valence-corrected chi connectivity index (χ0v) is 15.5. The van der Waals surface area contributed by atoms with Crippen molar-refractivity contribution in [3.63, 3.8) is 0 Å². The minimum Gasteiger partial charge on any atom is -0.497 e. The molecule has 1 aromatic heterocycles. The fourth-order valence-corrected chi connectivity index (χ4v) is 3.65. The van der Waals surface area contributed by atoms with Gasteiger partial charge >= 0.3 is 0 Å². The second-order valence-electron chi connectivity index (χ2n) is 6.64. The number of ether oxygens (including phenoxy) is 2. The zero-order chi connectivity index (χ0) is 18.4. The third kappa shape index (κ3) is 3.82. The Morgan fingerprint density at radius 2 is 1.85 bits per heavy atom. The van der Waals surface area contributed by atoms with Gasteiger partial charge in [0.05, 0.1) is 31.0 Å². The summed E-state index contributed by atoms with van der Waals surface area (Å²) in [7, 11) is 1.65. The Labute approximate surface area is 154 Å². The molecule has 26 heavy (non-hydrogen) atoms. The molecule has 5 nitrogen and oxygen atoms in total. The first-order valence-corrected chi connectivity index (χ1v) is 9.23. The number of aromatic nitrogens is 1. The number of pyridine rings is 1. The Balaban J connectivity index is 1.83. The SMILES string of the molecule is CCOc1ccc(NC(=O)C2(c3ccc(OC)cc3)CCCCC2)cn1. The molecular formula is C21H26N2O3. The van der Waals surface area contributed by atoms with Crippen LogP contribution in [-0.2, 0) is 10.2 Å². The molecule has 0 bridgehead atoms. The van der Waals surface area contributed by atoms with Crippen LogP contribution in [0.2, 0.25) is 0 Å². The molecule has 0 spiro atoms. The Bertz CT molecular complexity index is 720. The van der Waals surface area contributed by atoms with Gasteiger partial charge in [-0.15, -0.1) is 0 Å². The molecule has 1 aliphatic rings. The monoisotopic (exact) mass is 354 g/mol. The van der Waals surface area contributed by atoms with E-state index < -0.39 is 5.41 Å². The van der Waals surface area contributed by atoms with Crippen LogP contribution in [-0.4, -0.2) is 24.6 Å². The van der Waals surface area contributed by atoms with Crippen molar-refractivity contribution >= 4 is 11.6 Å². The van der Waals surface area contributed by atoms with Crippen LogP contribution in [0.4, 0.5) is 5.69 Å². The van der Waals surface area contributed by atoms with Crippen LogP contribution < -0.4 is 14.8 Å². The third-order valence-corrected chi connectivity index (χ3v) is 5.07. The molecule has 0 unspecified atom stereocenters. The lowest BCUT2D eigenvalue weighted by atomic mass is 9.68. The van der Waals surface area contributed by atoms with Crippen LogP contribution >= 0.6 is 0 Å². The summed E-state index contributed by atoms with van der Waals surface area (Å²) in [5.74, 6) is 1.40. The van der Waals surface area contributed by atoms with E-state index in [0.717, 1.165) is 37.0 Å². The molecule has 138 valence electrons. The summed E-state index contributed by atoms with van der Waals surface area (Å²) in [6.07, 6.45) is 6.65. The highest BCUT2D eigenvalue weighted by molar-refractivity contribution is 5.99. The Hall–Kier alpha value is -2.56. The van der Waals surface area contributed by atoms with Crippen LogP contribution in [0.25, 0.3) is 0 Å². The second-order valence-corrected chi connectivity index (χ2v) is 6.64. The maximum atomic E-state index is 13.3. The van der Waals surface area contributed by atoms with Crippen molar-refractivity contribution in [2.45, 2.75) is 44.4 Å². The average molecular weight is 354 g/mol. The summed E-state index contributed by atoms with van der Waals surface area (Å²) in [5, 5.41) is 3.06. The topological polar surface area (TPSA) is 60.5 Å². The maximum absolute atomic E-state index is 13.3. The number of nitrogens with one attached hydrogen (secondary N) is 1. The quantitative estimate of drug-likeness (QED) is 0.839. The number of benzene rings is 1. The molecule has 0 aliphatic heterocycles. The first-order valence-electron chi connectivity index (χ1n) is 9.23. The highest BCUT2D eigenvalue weighted by Crippen LogP contribution is 2.41. The van der Waals surface area contributed by atoms with E-state index in [9.17, 15) is 4.79 Å². The van der Waals surface area contributed by atoms with Gasteiger partial charge in [0.15, 0.2) is 0 Å². The van der Waals surface area contributed by atoms with E-state index >= 15 is 0 Å². The largest absolute Gasteiger partial charge is 0.497 e. The molecule has 0 saturated heterocycles. The van der Waals surface area contributed by atoms with Gasteiger partial charge in [-0.05, 0) is 43.5 Å². The molecule has 0 radical (unpaired) electrons. The van der Waals surface area contributed by atoms with Gasteiger partial charge in [-0.25, -0.2) is 4.98 Å². The van der Waals surface area contributed by atoms with E-state index in [-0.39, 0.29) is 5.91 Å². The summed E-state index contributed by atoms with van der Waals surface area (Å²) in [6, 6.07) is 11.5. The molecule has 2 aromatic rings. The Morgan fingerprint density at radius 1 is 1.12 bits per heavy atom. The molecule has 1 fully saturated rings. The van der Waals surface area contributed by atoms with Crippen LogP contribution in [0.5, 0.6) is 11.6 Å². The fourth-order valence-electron chi connectivity index (χ4n) is 3.65. The van der Waals surface area contributed by atoms with Gasteiger partial charge < -0.3 is 14.8 Å². The lowest BCUT2D eigenvalue weighted by molar-refractivity contribution is -0.122. The molecule has 1 amide bonds. The number of carbonyl (C=O) groups is 1. The molecule has 5 heteroatoms. The van der Waals surface area contributed by atoms with Gasteiger partial charge in [0.2, 0.25) is 11.8 Å². The number of anilines is 1. The van der Waals surface area contributed by atoms with Gasteiger partial charge in [-0.3, -0.25) is 4.79 Å². The van der Waals surface area contributed by atoms with Crippen LogP contribution in [0.1, 0.15) is 44.6 Å². The second kappa shape index (κ2) is 8.21. The van der Waals surface area contributed by atoms with E-state index in [1.807, 2.05) is 37.3 Å². The average Bonchev–Trinajstić information content (AvgIpc) is 2.70. The van der Waals surface area contributed by atoms with E-state index in [2.05, 4.69) is 10.3 Å². The zero-order valence-electron chi connectivity index (χ0n) is 15.5. The first-order chi connectivity index (χ1) is 12.7. The molecular weight excluding hydrogens is 328 g/mol. The lowest BCUT2D eigenvalue weighted by Crippen LogP contribution is -2.42. The number of methoxy groups -OCH3 is 1. The Morgan fingerprint density at radius 3 is 2.42 bits per heavy atom. The van der Waals surface area contributed by atoms with E-state index in [0.29, 0.717) is 18.2 Å². The molecule has 1 heterocycles. The summed E-state index contributed by atoms with van der Waals surface area (Å²) in [5.41, 5.74) is 1.25. The number of rotatable bonds is 6. The van der Waals surface area contributed by atoms with Gasteiger partial charge in [0.1, 0.15) is 5.75 Å². The van der Waals surface area contributed by atoms with Crippen molar-refractivity contribution in [2.24, 2.45) is 0 Å². The van der Waals surface area contributed by atoms with Gasteiger partial charge in [-0.2, -0.15) is 0 Å². The van der Waals surface area contributed by atoms with Crippen molar-refractivity contribution in [1.82, 2.24) is 4.98 Å². The molecule has 3 rings (SSSR count). The molecule has 1 aliphatic carbocycles. The maximum Gasteiger partial charge on any atom is 0.235 e. The Kier molecular flexibility index (Phi) is 5.76. The highest BCUT2D eigenvalue weighted by Gasteiger charge is 2.41. The number of hydrogen-bond acceptors (Lipinski definition) is 4. The number of nitrogens with zero attached hydrogens (tertiary/aromatic N) is 1. The summed E-state index contributed by atoms with van der Waals surface area (Å²) < 4.78 is 10.6. The van der Waals surface area contributed by atoms with Gasteiger partial charge in [-0.1, -0.05) is 31.4 Å². The first kappa shape index (κ1) is 18.2. The number of amides is 1. The normalized spacial score (nSPS) is 15.9. The predicted octanol–water partition coefficient (Wildman–Crippen LogP) is 4.33. The highest BCUT2D eigenvalue weighted by atomic mass is 16.5. The van der Waals surface area contributed by atoms with E-state index in [1.165, 1.54) is 6.42 Å². The summed E-state index contributed by atoms with van der Waals surface area (Å²) in [4.78, 5) is 17.5. The molecule has 0 atom stereocenters. The predicted molar refractivity (Wildman–Crippen MR) is 102 cm³/mol. The minimum atomic E-state index is -0.497. The number of hydrogen-bond donors (Lipinski definition) is 1. The van der Waals surface area contributed by atoms with E-state index in [4.69, 9.17) is 9.47 Å².